The summed E-state index contributed by atoms with van der Waals surface area (Å²) in [5, 5.41) is 2.52. The van der Waals surface area contributed by atoms with Gasteiger partial charge in [-0.15, -0.1) is 0 Å². The van der Waals surface area contributed by atoms with Crippen molar-refractivity contribution in [2.24, 2.45) is 0 Å². The van der Waals surface area contributed by atoms with Crippen LogP contribution in [0.5, 0.6) is 17.2 Å². The quantitative estimate of drug-likeness (QED) is 0.175. The van der Waals surface area contributed by atoms with Crippen molar-refractivity contribution in [1.82, 2.24) is 4.57 Å². The summed E-state index contributed by atoms with van der Waals surface area (Å²) in [6.45, 7) is -0.293. The normalized spacial score (nSPS) is 12.5. The number of rotatable bonds is 4. The van der Waals surface area contributed by atoms with Gasteiger partial charge in [0.2, 0.25) is 0 Å². The van der Waals surface area contributed by atoms with Crippen molar-refractivity contribution in [2.75, 3.05) is 0 Å². The van der Waals surface area contributed by atoms with Gasteiger partial charge in [0.1, 0.15) is 17.2 Å². The molecule has 0 atom stereocenters. The predicted molar refractivity (Wildman–Crippen MR) is 215 cm³/mol. The zero-order chi connectivity index (χ0) is 34.2. The maximum Gasteiger partial charge on any atom is 0.434 e. The van der Waals surface area contributed by atoms with E-state index >= 15 is 0 Å². The molecule has 0 amide bonds. The Morgan fingerprint density at radius 2 is 1.02 bits per heavy atom. The molecule has 0 saturated heterocycles. The Labute approximate surface area is 302 Å². The molecule has 0 spiro atoms. The lowest BCUT2D eigenvalue weighted by atomic mass is 9.50. The molecule has 1 aromatic heterocycles. The molecule has 0 radical (unpaired) electrons. The molecule has 2 aliphatic rings. The van der Waals surface area contributed by atoms with E-state index < -0.39 is 0 Å². The highest BCUT2D eigenvalue weighted by molar-refractivity contribution is 6.84. The molecule has 0 bridgehead atoms. The highest BCUT2D eigenvalue weighted by atomic mass is 16.5. The summed E-state index contributed by atoms with van der Waals surface area (Å²) < 4.78 is 15.9. The summed E-state index contributed by atoms with van der Waals surface area (Å²) in [6, 6.07) is 64.7. The predicted octanol–water partition coefficient (Wildman–Crippen LogP) is 11.1. The monoisotopic (exact) mass is 663 g/mol. The average molecular weight is 664 g/mol. The maximum atomic E-state index is 7.03. The van der Waals surface area contributed by atoms with Gasteiger partial charge in [-0.25, -0.2) is 0 Å². The number of hydrogen-bond donors (Lipinski definition) is 0. The molecule has 11 rings (SSSR count). The molecule has 3 nitrogen and oxygen atoms in total. The minimum absolute atomic E-state index is 0.293. The summed E-state index contributed by atoms with van der Waals surface area (Å²) in [5.41, 5.74) is 14.9. The van der Waals surface area contributed by atoms with Crippen molar-refractivity contribution < 1.29 is 9.39 Å². The largest absolute Gasteiger partial charge is 0.551 e. The first-order chi connectivity index (χ1) is 25.8. The van der Waals surface area contributed by atoms with E-state index in [1.807, 2.05) is 0 Å². The van der Waals surface area contributed by atoms with Crippen molar-refractivity contribution in [3.63, 3.8) is 0 Å². The van der Waals surface area contributed by atoms with Gasteiger partial charge in [0.05, 0.1) is 11.0 Å². The van der Waals surface area contributed by atoms with E-state index in [1.54, 1.807) is 0 Å². The Morgan fingerprint density at radius 3 is 1.79 bits per heavy atom. The first kappa shape index (κ1) is 29.0. The van der Waals surface area contributed by atoms with Crippen LogP contribution in [0, 0.1) is 0 Å². The first-order valence-electron chi connectivity index (χ1n) is 17.8. The standard InChI is InChI=1S/C48H30BNO2/c1-2-11-32(12-3-1)36-13-4-5-14-37(36)34-23-27-40-41-17-10-20-46-48(41)49(52-47(40)30-34)42-29-33(24-28-45(42)51-46)31-21-25-35(26-22-31)50-43-18-8-6-15-38(43)39-16-7-9-19-44(39)50/h1-30H. The zero-order valence-corrected chi connectivity index (χ0v) is 28.2. The van der Waals surface area contributed by atoms with E-state index in [-0.39, 0.29) is 6.92 Å². The molecule has 8 aromatic carbocycles. The third-order valence-corrected chi connectivity index (χ3v) is 10.7. The van der Waals surface area contributed by atoms with Crippen LogP contribution in [0.2, 0.25) is 0 Å². The maximum absolute atomic E-state index is 7.03. The van der Waals surface area contributed by atoms with E-state index in [9.17, 15) is 0 Å². The fourth-order valence-electron chi connectivity index (χ4n) is 8.31. The summed E-state index contributed by atoms with van der Waals surface area (Å²) in [7, 11) is 0. The lowest BCUT2D eigenvalue weighted by Crippen LogP contribution is -2.53. The fraction of sp³-hybridized carbons (Fsp3) is 0. The first-order valence-corrected chi connectivity index (χ1v) is 17.8. The summed E-state index contributed by atoms with van der Waals surface area (Å²) in [4.78, 5) is 0. The molecule has 52 heavy (non-hydrogen) atoms. The Hall–Kier alpha value is -6.78. The molecular weight excluding hydrogens is 633 g/mol. The van der Waals surface area contributed by atoms with E-state index in [1.165, 1.54) is 38.5 Å². The van der Waals surface area contributed by atoms with Crippen LogP contribution in [0.3, 0.4) is 0 Å². The SMILES string of the molecule is c1ccc(-c2ccccc2-c2ccc3c(c2)OB2c4cc(-c5ccc(-n6c7ccccc7c7ccccc76)cc5)ccc4Oc4cccc-3c42)cc1. The van der Waals surface area contributed by atoms with E-state index in [2.05, 4.69) is 187 Å². The van der Waals surface area contributed by atoms with Gasteiger partial charge in [-0.3, -0.25) is 0 Å². The van der Waals surface area contributed by atoms with E-state index in [4.69, 9.17) is 9.39 Å². The van der Waals surface area contributed by atoms with Crippen molar-refractivity contribution in [1.29, 1.82) is 0 Å². The van der Waals surface area contributed by atoms with Crippen molar-refractivity contribution >= 4 is 39.6 Å². The van der Waals surface area contributed by atoms with Crippen molar-refractivity contribution in [3.05, 3.63) is 182 Å². The number of aromatic nitrogens is 1. The highest BCUT2D eigenvalue weighted by Gasteiger charge is 2.40. The van der Waals surface area contributed by atoms with Gasteiger partial charge < -0.3 is 14.0 Å². The highest BCUT2D eigenvalue weighted by Crippen LogP contribution is 2.43. The van der Waals surface area contributed by atoms with Crippen LogP contribution >= 0.6 is 0 Å². The molecule has 242 valence electrons. The molecule has 0 saturated carbocycles. The number of para-hydroxylation sites is 2. The van der Waals surface area contributed by atoms with Gasteiger partial charge in [0.15, 0.2) is 0 Å². The minimum atomic E-state index is -0.293. The lowest BCUT2D eigenvalue weighted by molar-refractivity contribution is 0.479. The Kier molecular flexibility index (Phi) is 6.35. The summed E-state index contributed by atoms with van der Waals surface area (Å²) in [6.07, 6.45) is 0. The van der Waals surface area contributed by atoms with Gasteiger partial charge in [0.25, 0.3) is 0 Å². The Morgan fingerprint density at radius 1 is 0.385 bits per heavy atom. The van der Waals surface area contributed by atoms with Gasteiger partial charge in [0, 0.05) is 32.9 Å². The van der Waals surface area contributed by atoms with Crippen LogP contribution in [-0.2, 0) is 0 Å². The lowest BCUT2D eigenvalue weighted by Gasteiger charge is -2.33. The van der Waals surface area contributed by atoms with Crippen LogP contribution in [-0.4, -0.2) is 11.5 Å². The zero-order valence-electron chi connectivity index (χ0n) is 28.2. The van der Waals surface area contributed by atoms with E-state index in [0.717, 1.165) is 61.7 Å². The van der Waals surface area contributed by atoms with Crippen LogP contribution in [0.25, 0.3) is 72.0 Å². The minimum Gasteiger partial charge on any atom is -0.551 e. The molecule has 0 fully saturated rings. The van der Waals surface area contributed by atoms with Gasteiger partial charge >= 0.3 is 6.92 Å². The Balaban J connectivity index is 0.984. The second-order valence-corrected chi connectivity index (χ2v) is 13.6. The van der Waals surface area contributed by atoms with Crippen molar-refractivity contribution in [3.8, 4) is 67.4 Å². The summed E-state index contributed by atoms with van der Waals surface area (Å²) >= 11 is 0. The fourth-order valence-corrected chi connectivity index (χ4v) is 8.31. The molecule has 0 unspecified atom stereocenters. The average Bonchev–Trinajstić information content (AvgIpc) is 3.55. The number of hydrogen-bond acceptors (Lipinski definition) is 2. The number of ether oxygens (including phenoxy) is 1. The summed E-state index contributed by atoms with van der Waals surface area (Å²) in [5.74, 6) is 2.56. The molecule has 0 N–H and O–H groups in total. The molecule has 4 heteroatoms. The molecule has 3 heterocycles. The van der Waals surface area contributed by atoms with Crippen LogP contribution < -0.4 is 20.3 Å². The molecule has 2 aliphatic heterocycles. The second-order valence-electron chi connectivity index (χ2n) is 13.6. The topological polar surface area (TPSA) is 23.4 Å². The number of nitrogens with zero attached hydrogens (tertiary/aromatic N) is 1. The number of fused-ring (bicyclic) bond motifs is 7. The van der Waals surface area contributed by atoms with Gasteiger partial charge in [-0.05, 0) is 81.4 Å². The van der Waals surface area contributed by atoms with Crippen LogP contribution in [0.1, 0.15) is 0 Å². The molecule has 9 aromatic rings. The third-order valence-electron chi connectivity index (χ3n) is 10.7. The Bertz CT molecular complexity index is 2800. The smallest absolute Gasteiger partial charge is 0.434 e. The number of benzene rings is 8. The second kappa shape index (κ2) is 11.4. The van der Waals surface area contributed by atoms with Crippen LogP contribution in [0.4, 0.5) is 0 Å². The van der Waals surface area contributed by atoms with Gasteiger partial charge in [-0.1, -0.05) is 140 Å². The van der Waals surface area contributed by atoms with E-state index in [0.29, 0.717) is 0 Å². The van der Waals surface area contributed by atoms with Crippen LogP contribution in [0.15, 0.2) is 182 Å². The molecular formula is C48H30BNO2. The van der Waals surface area contributed by atoms with Gasteiger partial charge in [-0.2, -0.15) is 0 Å². The molecule has 0 aliphatic carbocycles. The third kappa shape index (κ3) is 4.41. The van der Waals surface area contributed by atoms with Crippen molar-refractivity contribution in [2.45, 2.75) is 0 Å².